The lowest BCUT2D eigenvalue weighted by molar-refractivity contribution is 0.0985. The second-order valence-electron chi connectivity index (χ2n) is 5.79. The van der Waals surface area contributed by atoms with Gasteiger partial charge in [-0.3, -0.25) is 9.80 Å². The van der Waals surface area contributed by atoms with E-state index in [0.29, 0.717) is 18.2 Å². The number of halogens is 1. The third-order valence-electron chi connectivity index (χ3n) is 4.44. The van der Waals surface area contributed by atoms with Crippen LogP contribution in [-0.4, -0.2) is 59.2 Å². The highest BCUT2D eigenvalue weighted by molar-refractivity contribution is 6.58. The summed E-state index contributed by atoms with van der Waals surface area (Å²) in [6.45, 7) is 4.85. The Labute approximate surface area is 119 Å². The first-order valence-corrected chi connectivity index (χ1v) is 7.24. The fraction of sp³-hybridized carbons (Fsp3) is 0.571. The van der Waals surface area contributed by atoms with Crippen molar-refractivity contribution >= 4 is 12.6 Å². The monoisotopic (exact) mass is 278 g/mol. The third-order valence-corrected chi connectivity index (χ3v) is 4.44. The van der Waals surface area contributed by atoms with Gasteiger partial charge in [0.15, 0.2) is 0 Å². The Bertz CT molecular complexity index is 486. The fourth-order valence-corrected chi connectivity index (χ4v) is 3.29. The van der Waals surface area contributed by atoms with Gasteiger partial charge < -0.3 is 10.0 Å². The van der Waals surface area contributed by atoms with Crippen molar-refractivity contribution in [2.45, 2.75) is 25.4 Å². The number of rotatable bonds is 3. The Morgan fingerprint density at radius 1 is 1.25 bits per heavy atom. The van der Waals surface area contributed by atoms with Crippen molar-refractivity contribution in [2.24, 2.45) is 0 Å². The molecule has 2 aliphatic heterocycles. The highest BCUT2D eigenvalue weighted by Gasteiger charge is 2.30. The average molecular weight is 278 g/mol. The zero-order valence-corrected chi connectivity index (χ0v) is 11.5. The van der Waals surface area contributed by atoms with Crippen LogP contribution in [-0.2, 0) is 6.54 Å². The topological polar surface area (TPSA) is 46.9 Å². The summed E-state index contributed by atoms with van der Waals surface area (Å²) in [6.07, 6.45) is 2.52. The van der Waals surface area contributed by atoms with Crippen LogP contribution in [0.5, 0.6) is 0 Å². The van der Waals surface area contributed by atoms with Crippen molar-refractivity contribution in [1.29, 1.82) is 0 Å². The van der Waals surface area contributed by atoms with E-state index in [1.165, 1.54) is 25.5 Å². The van der Waals surface area contributed by atoms with Gasteiger partial charge in [-0.15, -0.1) is 0 Å². The molecule has 2 fully saturated rings. The molecule has 0 amide bonds. The summed E-state index contributed by atoms with van der Waals surface area (Å²) in [7, 11) is -1.61. The number of hydrogen-bond donors (Lipinski definition) is 2. The Hall–Kier alpha value is -0.945. The largest absolute Gasteiger partial charge is 0.488 e. The highest BCUT2D eigenvalue weighted by atomic mass is 19.1. The van der Waals surface area contributed by atoms with Crippen molar-refractivity contribution < 1.29 is 14.4 Å². The van der Waals surface area contributed by atoms with Gasteiger partial charge in [0.05, 0.1) is 0 Å². The van der Waals surface area contributed by atoms with Crippen molar-refractivity contribution in [1.82, 2.24) is 9.80 Å². The van der Waals surface area contributed by atoms with Crippen LogP contribution in [0.2, 0.25) is 0 Å². The van der Waals surface area contributed by atoms with Crippen LogP contribution in [0.3, 0.4) is 0 Å². The highest BCUT2D eigenvalue weighted by Crippen LogP contribution is 2.22. The average Bonchev–Trinajstić information content (AvgIpc) is 2.88. The van der Waals surface area contributed by atoms with Crippen molar-refractivity contribution in [3.8, 4) is 0 Å². The molecule has 2 saturated heterocycles. The SMILES string of the molecule is OB(O)c1ccc(CN2CCN3CCCC3C2)c(F)c1. The van der Waals surface area contributed by atoms with Crippen LogP contribution < -0.4 is 5.46 Å². The van der Waals surface area contributed by atoms with E-state index in [0.717, 1.165) is 19.6 Å². The van der Waals surface area contributed by atoms with Crippen LogP contribution in [0, 0.1) is 5.82 Å². The summed E-state index contributed by atoms with van der Waals surface area (Å²) >= 11 is 0. The first-order chi connectivity index (χ1) is 9.63. The number of nitrogens with zero attached hydrogens (tertiary/aromatic N) is 2. The summed E-state index contributed by atoms with van der Waals surface area (Å²) in [5, 5.41) is 18.1. The van der Waals surface area contributed by atoms with Gasteiger partial charge in [-0.2, -0.15) is 0 Å². The quantitative estimate of drug-likeness (QED) is 0.751. The molecule has 4 nitrogen and oxygen atoms in total. The number of hydrogen-bond acceptors (Lipinski definition) is 4. The number of piperazine rings is 1. The summed E-state index contributed by atoms with van der Waals surface area (Å²) in [5.74, 6) is -0.357. The molecule has 6 heteroatoms. The summed E-state index contributed by atoms with van der Waals surface area (Å²) in [4.78, 5) is 4.82. The Balaban J connectivity index is 1.65. The lowest BCUT2D eigenvalue weighted by Gasteiger charge is -2.37. The fourth-order valence-electron chi connectivity index (χ4n) is 3.29. The molecule has 1 unspecified atom stereocenters. The summed E-state index contributed by atoms with van der Waals surface area (Å²) in [6, 6.07) is 5.08. The van der Waals surface area contributed by atoms with E-state index in [4.69, 9.17) is 10.0 Å². The molecule has 1 aromatic rings. The number of benzene rings is 1. The van der Waals surface area contributed by atoms with E-state index >= 15 is 0 Å². The van der Waals surface area contributed by atoms with E-state index in [-0.39, 0.29) is 11.3 Å². The smallest absolute Gasteiger partial charge is 0.423 e. The van der Waals surface area contributed by atoms with Crippen molar-refractivity contribution in [2.75, 3.05) is 26.2 Å². The van der Waals surface area contributed by atoms with Gasteiger partial charge in [0.1, 0.15) is 5.82 Å². The molecule has 1 aromatic carbocycles. The van der Waals surface area contributed by atoms with Gasteiger partial charge in [-0.25, -0.2) is 4.39 Å². The molecular formula is C14H20BFN2O2. The molecule has 0 bridgehead atoms. The molecule has 2 N–H and O–H groups in total. The predicted octanol–water partition coefficient (Wildman–Crippen LogP) is -0.214. The van der Waals surface area contributed by atoms with Crippen molar-refractivity contribution in [3.63, 3.8) is 0 Å². The van der Waals surface area contributed by atoms with Crippen LogP contribution in [0.15, 0.2) is 18.2 Å². The second-order valence-corrected chi connectivity index (χ2v) is 5.79. The zero-order valence-electron chi connectivity index (χ0n) is 11.5. The minimum Gasteiger partial charge on any atom is -0.423 e. The second kappa shape index (κ2) is 5.81. The van der Waals surface area contributed by atoms with E-state index in [1.807, 2.05) is 0 Å². The maximum absolute atomic E-state index is 14.0. The third kappa shape index (κ3) is 2.88. The Morgan fingerprint density at radius 2 is 2.10 bits per heavy atom. The predicted molar refractivity (Wildman–Crippen MR) is 76.1 cm³/mol. The van der Waals surface area contributed by atoms with Crippen LogP contribution >= 0.6 is 0 Å². The lowest BCUT2D eigenvalue weighted by Crippen LogP contribution is -2.49. The van der Waals surface area contributed by atoms with Crippen LogP contribution in [0.25, 0.3) is 0 Å². The molecule has 3 rings (SSSR count). The van der Waals surface area contributed by atoms with Gasteiger partial charge in [0, 0.05) is 37.8 Å². The molecule has 2 heterocycles. The van der Waals surface area contributed by atoms with Crippen molar-refractivity contribution in [3.05, 3.63) is 29.6 Å². The van der Waals surface area contributed by atoms with Gasteiger partial charge in [0.2, 0.25) is 0 Å². The van der Waals surface area contributed by atoms with Gasteiger partial charge >= 0.3 is 7.12 Å². The normalized spacial score (nSPS) is 23.9. The van der Waals surface area contributed by atoms with E-state index in [2.05, 4.69) is 9.80 Å². The summed E-state index contributed by atoms with van der Waals surface area (Å²) in [5.41, 5.74) is 0.827. The molecule has 108 valence electrons. The standard InChI is InChI=1S/C14H20BFN2O2/c16-14-8-12(15(19)20)4-3-11(14)9-17-6-7-18-5-1-2-13(18)10-17/h3-4,8,13,19-20H,1-2,5-7,9-10H2. The molecule has 20 heavy (non-hydrogen) atoms. The maximum Gasteiger partial charge on any atom is 0.488 e. The van der Waals surface area contributed by atoms with Gasteiger partial charge in [-0.05, 0) is 30.9 Å². The van der Waals surface area contributed by atoms with Crippen LogP contribution in [0.4, 0.5) is 4.39 Å². The van der Waals surface area contributed by atoms with E-state index in [9.17, 15) is 4.39 Å². The van der Waals surface area contributed by atoms with E-state index in [1.54, 1.807) is 12.1 Å². The first-order valence-electron chi connectivity index (χ1n) is 7.24. The molecule has 0 spiro atoms. The zero-order chi connectivity index (χ0) is 14.1. The van der Waals surface area contributed by atoms with Gasteiger partial charge in [0.25, 0.3) is 0 Å². The molecule has 2 aliphatic rings. The molecular weight excluding hydrogens is 258 g/mol. The number of fused-ring (bicyclic) bond motifs is 1. The lowest BCUT2D eigenvalue weighted by atomic mass is 9.80. The van der Waals surface area contributed by atoms with E-state index < -0.39 is 7.12 Å². The molecule has 0 aromatic heterocycles. The Kier molecular flexibility index (Phi) is 4.07. The Morgan fingerprint density at radius 3 is 2.85 bits per heavy atom. The van der Waals surface area contributed by atoms with Gasteiger partial charge in [-0.1, -0.05) is 12.1 Å². The minimum absolute atomic E-state index is 0.201. The first kappa shape index (κ1) is 14.0. The molecule has 0 saturated carbocycles. The maximum atomic E-state index is 14.0. The molecule has 0 aliphatic carbocycles. The molecule has 1 atom stereocenters. The minimum atomic E-state index is -1.61. The van der Waals surface area contributed by atoms with Crippen LogP contribution in [0.1, 0.15) is 18.4 Å². The molecule has 0 radical (unpaired) electrons. The summed E-state index contributed by atoms with van der Waals surface area (Å²) < 4.78 is 14.0.